The van der Waals surface area contributed by atoms with E-state index in [1.54, 1.807) is 32.9 Å². The Morgan fingerprint density at radius 3 is 2.17 bits per heavy atom. The lowest BCUT2D eigenvalue weighted by molar-refractivity contribution is -0.173. The molecule has 0 spiro atoms. The average molecular weight is 322 g/mol. The highest BCUT2D eigenvalue weighted by Gasteiger charge is 2.35. The minimum absolute atomic E-state index is 0.0140. The number of rotatable bonds is 6. The van der Waals surface area contributed by atoms with Gasteiger partial charge in [-0.2, -0.15) is 0 Å². The molecule has 0 unspecified atom stereocenters. The fourth-order valence-electron chi connectivity index (χ4n) is 1.72. The van der Waals surface area contributed by atoms with Crippen LogP contribution in [-0.4, -0.2) is 30.6 Å². The second-order valence-corrected chi connectivity index (χ2v) is 5.96. The summed E-state index contributed by atoms with van der Waals surface area (Å²) in [6.07, 6.45) is -0.418. The summed E-state index contributed by atoms with van der Waals surface area (Å²) in [6.45, 7) is 5.04. The lowest BCUT2D eigenvalue weighted by Crippen LogP contribution is -2.35. The number of methoxy groups -OCH3 is 1. The number of esters is 3. The lowest BCUT2D eigenvalue weighted by Gasteiger charge is -2.22. The summed E-state index contributed by atoms with van der Waals surface area (Å²) in [4.78, 5) is 35.7. The minimum Gasteiger partial charge on any atom is -0.469 e. The Balaban J connectivity index is 2.75. The van der Waals surface area contributed by atoms with Crippen LogP contribution in [0.1, 0.15) is 32.8 Å². The highest BCUT2D eigenvalue weighted by atomic mass is 16.6. The van der Waals surface area contributed by atoms with E-state index in [9.17, 15) is 14.4 Å². The largest absolute Gasteiger partial charge is 0.469 e. The summed E-state index contributed by atoms with van der Waals surface area (Å²) in [7, 11) is 1.18. The summed E-state index contributed by atoms with van der Waals surface area (Å²) in [5, 5.41) is 0. The molecule has 1 aromatic rings. The second-order valence-electron chi connectivity index (χ2n) is 5.96. The first-order valence-corrected chi connectivity index (χ1v) is 7.23. The van der Waals surface area contributed by atoms with Crippen LogP contribution in [0.3, 0.4) is 0 Å². The van der Waals surface area contributed by atoms with Gasteiger partial charge in [-0.1, -0.05) is 30.3 Å². The van der Waals surface area contributed by atoms with E-state index in [1.807, 2.05) is 18.2 Å². The molecule has 1 rings (SSSR count). The molecule has 0 aliphatic carbocycles. The molecule has 0 aliphatic rings. The van der Waals surface area contributed by atoms with E-state index >= 15 is 0 Å². The van der Waals surface area contributed by atoms with Gasteiger partial charge in [0.25, 0.3) is 0 Å². The molecule has 6 nitrogen and oxygen atoms in total. The molecule has 0 amide bonds. The van der Waals surface area contributed by atoms with Crippen LogP contribution in [-0.2, 0) is 35.2 Å². The predicted molar refractivity (Wildman–Crippen MR) is 82.2 cm³/mol. The highest BCUT2D eigenvalue weighted by Crippen LogP contribution is 2.17. The molecule has 0 saturated carbocycles. The minimum atomic E-state index is -1.34. The maximum Gasteiger partial charge on any atom is 0.321 e. The Kier molecular flexibility index (Phi) is 6.75. The van der Waals surface area contributed by atoms with Crippen LogP contribution in [0.2, 0.25) is 0 Å². The zero-order valence-electron chi connectivity index (χ0n) is 13.8. The Morgan fingerprint density at radius 2 is 1.65 bits per heavy atom. The quantitative estimate of drug-likeness (QED) is 0.454. The number of hydrogen-bond acceptors (Lipinski definition) is 6. The topological polar surface area (TPSA) is 78.9 Å². The molecule has 0 heterocycles. The van der Waals surface area contributed by atoms with Crippen molar-refractivity contribution in [1.29, 1.82) is 0 Å². The normalized spacial score (nSPS) is 12.2. The third-order valence-electron chi connectivity index (χ3n) is 2.80. The van der Waals surface area contributed by atoms with E-state index in [1.165, 1.54) is 7.11 Å². The molecule has 126 valence electrons. The van der Waals surface area contributed by atoms with Crippen molar-refractivity contribution >= 4 is 17.9 Å². The van der Waals surface area contributed by atoms with Crippen molar-refractivity contribution in [2.24, 2.45) is 5.92 Å². The number of ether oxygens (including phenoxy) is 3. The second kappa shape index (κ2) is 8.31. The predicted octanol–water partition coefficient (Wildman–Crippen LogP) is 2.25. The van der Waals surface area contributed by atoms with E-state index < -0.39 is 35.8 Å². The van der Waals surface area contributed by atoms with Gasteiger partial charge in [0, 0.05) is 0 Å². The fraction of sp³-hybridized carbons (Fsp3) is 0.471. The number of carbonyl (C=O) groups is 3. The third-order valence-corrected chi connectivity index (χ3v) is 2.80. The van der Waals surface area contributed by atoms with Crippen molar-refractivity contribution < 1.29 is 28.6 Å². The number of benzene rings is 1. The summed E-state index contributed by atoms with van der Waals surface area (Å²) >= 11 is 0. The van der Waals surface area contributed by atoms with Crippen molar-refractivity contribution in [3.63, 3.8) is 0 Å². The van der Waals surface area contributed by atoms with Gasteiger partial charge in [-0.25, -0.2) is 0 Å². The van der Waals surface area contributed by atoms with Crippen LogP contribution in [0.5, 0.6) is 0 Å². The molecule has 6 heteroatoms. The Hall–Kier alpha value is -2.37. The summed E-state index contributed by atoms with van der Waals surface area (Å²) < 4.78 is 14.8. The molecular formula is C17H22O6. The van der Waals surface area contributed by atoms with Gasteiger partial charge in [0.05, 0.1) is 13.5 Å². The zero-order valence-corrected chi connectivity index (χ0v) is 13.8. The molecule has 23 heavy (non-hydrogen) atoms. The molecular weight excluding hydrogens is 300 g/mol. The number of carbonyl (C=O) groups excluding carboxylic acids is 3. The SMILES string of the molecule is COC(=O)C[C@@H](C(=O)OCc1ccccc1)C(=O)OC(C)(C)C. The first kappa shape index (κ1) is 18.7. The van der Waals surface area contributed by atoms with Crippen molar-refractivity contribution in [3.05, 3.63) is 35.9 Å². The molecule has 0 bridgehead atoms. The van der Waals surface area contributed by atoms with Crippen molar-refractivity contribution in [2.75, 3.05) is 7.11 Å². The van der Waals surface area contributed by atoms with Gasteiger partial charge in [-0.15, -0.1) is 0 Å². The van der Waals surface area contributed by atoms with Crippen LogP contribution in [0.4, 0.5) is 0 Å². The van der Waals surface area contributed by atoms with Crippen molar-refractivity contribution in [2.45, 2.75) is 39.4 Å². The molecule has 0 fully saturated rings. The molecule has 0 aliphatic heterocycles. The van der Waals surface area contributed by atoms with E-state index in [-0.39, 0.29) is 6.61 Å². The lowest BCUT2D eigenvalue weighted by atomic mass is 10.1. The van der Waals surface area contributed by atoms with Gasteiger partial charge in [-0.3, -0.25) is 14.4 Å². The van der Waals surface area contributed by atoms with Crippen LogP contribution < -0.4 is 0 Å². The van der Waals surface area contributed by atoms with Gasteiger partial charge >= 0.3 is 17.9 Å². The van der Waals surface area contributed by atoms with Gasteiger partial charge in [0.1, 0.15) is 12.2 Å². The van der Waals surface area contributed by atoms with Crippen molar-refractivity contribution in [1.82, 2.24) is 0 Å². The smallest absolute Gasteiger partial charge is 0.321 e. The van der Waals surface area contributed by atoms with Crippen LogP contribution in [0.25, 0.3) is 0 Å². The molecule has 0 saturated heterocycles. The third kappa shape index (κ3) is 6.95. The standard InChI is InChI=1S/C17H22O6/c1-17(2,3)23-16(20)13(10-14(18)21-4)15(19)22-11-12-8-6-5-7-9-12/h5-9,13H,10-11H2,1-4H3/t13-/m0/s1. The van der Waals surface area contributed by atoms with Crippen molar-refractivity contribution in [3.8, 4) is 0 Å². The maximum absolute atomic E-state index is 12.2. The van der Waals surface area contributed by atoms with E-state index in [0.29, 0.717) is 0 Å². The van der Waals surface area contributed by atoms with Gasteiger partial charge in [-0.05, 0) is 26.3 Å². The summed E-state index contributed by atoms with van der Waals surface area (Å²) in [5.74, 6) is -3.64. The molecule has 0 radical (unpaired) electrons. The highest BCUT2D eigenvalue weighted by molar-refractivity contribution is 5.98. The summed E-state index contributed by atoms with van der Waals surface area (Å²) in [5.41, 5.74) is 0.00684. The first-order chi connectivity index (χ1) is 10.7. The van der Waals surface area contributed by atoms with Gasteiger partial charge in [0.15, 0.2) is 5.92 Å². The Labute approximate surface area is 135 Å². The molecule has 0 aromatic heterocycles. The van der Waals surface area contributed by atoms with Gasteiger partial charge in [0.2, 0.25) is 0 Å². The van der Waals surface area contributed by atoms with E-state index in [2.05, 4.69) is 4.74 Å². The Bertz CT molecular complexity index is 544. The van der Waals surface area contributed by atoms with Crippen LogP contribution >= 0.6 is 0 Å². The Morgan fingerprint density at radius 1 is 1.04 bits per heavy atom. The van der Waals surface area contributed by atoms with Crippen LogP contribution in [0, 0.1) is 5.92 Å². The maximum atomic E-state index is 12.2. The summed E-state index contributed by atoms with van der Waals surface area (Å²) in [6, 6.07) is 9.03. The molecule has 1 atom stereocenters. The average Bonchev–Trinajstić information content (AvgIpc) is 2.49. The zero-order chi connectivity index (χ0) is 17.5. The first-order valence-electron chi connectivity index (χ1n) is 7.23. The monoisotopic (exact) mass is 322 g/mol. The van der Waals surface area contributed by atoms with E-state index in [4.69, 9.17) is 9.47 Å². The number of hydrogen-bond donors (Lipinski definition) is 0. The van der Waals surface area contributed by atoms with E-state index in [0.717, 1.165) is 5.56 Å². The van der Waals surface area contributed by atoms with Gasteiger partial charge < -0.3 is 14.2 Å². The molecule has 0 N–H and O–H groups in total. The van der Waals surface area contributed by atoms with Crippen LogP contribution in [0.15, 0.2) is 30.3 Å². The fourth-order valence-corrected chi connectivity index (χ4v) is 1.72. The molecule has 1 aromatic carbocycles.